The van der Waals surface area contributed by atoms with Crippen molar-refractivity contribution in [2.75, 3.05) is 6.54 Å². The lowest BCUT2D eigenvalue weighted by Crippen LogP contribution is -2.33. The highest BCUT2D eigenvalue weighted by atomic mass is 79.9. The second-order valence-corrected chi connectivity index (χ2v) is 5.96. The van der Waals surface area contributed by atoms with Crippen LogP contribution < -0.4 is 0 Å². The average molecular weight is 314 g/mol. The van der Waals surface area contributed by atoms with E-state index in [1.807, 2.05) is 0 Å². The summed E-state index contributed by atoms with van der Waals surface area (Å²) in [7, 11) is 0. The first-order valence-corrected chi connectivity index (χ1v) is 7.92. The summed E-state index contributed by atoms with van der Waals surface area (Å²) in [5, 5.41) is 4.59. The van der Waals surface area contributed by atoms with Crippen LogP contribution in [0.3, 0.4) is 0 Å². The molecule has 102 valence electrons. The van der Waals surface area contributed by atoms with Gasteiger partial charge in [0.1, 0.15) is 0 Å². The third-order valence-corrected chi connectivity index (χ3v) is 5.08. The van der Waals surface area contributed by atoms with Crippen LogP contribution in [0.15, 0.2) is 4.47 Å². The summed E-state index contributed by atoms with van der Waals surface area (Å²) in [6.07, 6.45) is 5.53. The van der Waals surface area contributed by atoms with Crippen LogP contribution in [0.5, 0.6) is 0 Å². The van der Waals surface area contributed by atoms with Gasteiger partial charge in [0, 0.05) is 19.1 Å². The molecule has 4 heteroatoms. The summed E-state index contributed by atoms with van der Waals surface area (Å²) in [5.41, 5.74) is 2.44. The van der Waals surface area contributed by atoms with Crippen LogP contribution in [0.1, 0.15) is 50.9 Å². The lowest BCUT2D eigenvalue weighted by atomic mass is 10.2. The Balaban J connectivity index is 2.15. The third-order valence-electron chi connectivity index (χ3n) is 4.05. The van der Waals surface area contributed by atoms with Gasteiger partial charge in [0.05, 0.1) is 15.9 Å². The third kappa shape index (κ3) is 2.80. The lowest BCUT2D eigenvalue weighted by Gasteiger charge is -2.27. The van der Waals surface area contributed by atoms with E-state index in [1.54, 1.807) is 0 Å². The quantitative estimate of drug-likeness (QED) is 0.825. The molecule has 0 saturated heterocycles. The monoisotopic (exact) mass is 313 g/mol. The van der Waals surface area contributed by atoms with E-state index in [-0.39, 0.29) is 0 Å². The molecular formula is C14H24BrN3. The maximum absolute atomic E-state index is 4.59. The van der Waals surface area contributed by atoms with Gasteiger partial charge >= 0.3 is 0 Å². The van der Waals surface area contributed by atoms with E-state index < -0.39 is 0 Å². The van der Waals surface area contributed by atoms with Crippen LogP contribution in [0.25, 0.3) is 0 Å². The summed E-state index contributed by atoms with van der Waals surface area (Å²) in [6, 6.07) is 0.780. The zero-order valence-electron chi connectivity index (χ0n) is 11.7. The molecule has 0 aromatic carbocycles. The summed E-state index contributed by atoms with van der Waals surface area (Å²) in [6.45, 7) is 9.61. The van der Waals surface area contributed by atoms with Crippen molar-refractivity contribution in [2.24, 2.45) is 0 Å². The van der Waals surface area contributed by atoms with Crippen molar-refractivity contribution < 1.29 is 0 Å². The van der Waals surface area contributed by atoms with E-state index in [0.717, 1.165) is 31.4 Å². The Labute approximate surface area is 119 Å². The van der Waals surface area contributed by atoms with Crippen molar-refractivity contribution >= 4 is 15.9 Å². The molecule has 1 fully saturated rings. The van der Waals surface area contributed by atoms with Crippen molar-refractivity contribution in [3.05, 3.63) is 15.9 Å². The lowest BCUT2D eigenvalue weighted by molar-refractivity contribution is 0.194. The van der Waals surface area contributed by atoms with Gasteiger partial charge in [0.2, 0.25) is 0 Å². The number of halogens is 1. The molecule has 1 aliphatic carbocycles. The highest BCUT2D eigenvalue weighted by Crippen LogP contribution is 2.27. The highest BCUT2D eigenvalue weighted by molar-refractivity contribution is 9.10. The fraction of sp³-hybridized carbons (Fsp3) is 0.786. The van der Waals surface area contributed by atoms with Crippen molar-refractivity contribution in [1.29, 1.82) is 0 Å². The molecule has 1 heterocycles. The molecule has 1 aromatic rings. The molecule has 0 atom stereocenters. The van der Waals surface area contributed by atoms with E-state index >= 15 is 0 Å². The Morgan fingerprint density at radius 2 is 2.00 bits per heavy atom. The van der Waals surface area contributed by atoms with Crippen LogP contribution in [-0.4, -0.2) is 27.3 Å². The Morgan fingerprint density at radius 3 is 2.56 bits per heavy atom. The number of aromatic nitrogens is 2. The maximum Gasteiger partial charge on any atom is 0.0739 e. The molecule has 1 aromatic heterocycles. The predicted molar refractivity (Wildman–Crippen MR) is 78.7 cm³/mol. The number of aryl methyl sites for hydroxylation is 2. The number of hydrogen-bond donors (Lipinski definition) is 0. The minimum atomic E-state index is 0.780. The van der Waals surface area contributed by atoms with Crippen LogP contribution >= 0.6 is 15.9 Å². The molecule has 3 nitrogen and oxygen atoms in total. The van der Waals surface area contributed by atoms with Gasteiger partial charge in [-0.1, -0.05) is 19.8 Å². The zero-order chi connectivity index (χ0) is 13.1. The molecule has 1 saturated carbocycles. The molecule has 0 spiro atoms. The standard InChI is InChI=1S/C14H24BrN3/c1-4-17(12-8-6-7-9-12)10-13-14(15)11(3)16-18(13)5-2/h12H,4-10H2,1-3H3. The van der Waals surface area contributed by atoms with E-state index in [1.165, 1.54) is 35.8 Å². The molecule has 0 N–H and O–H groups in total. The van der Waals surface area contributed by atoms with Gasteiger partial charge in [-0.05, 0) is 49.2 Å². The predicted octanol–water partition coefficient (Wildman–Crippen LogP) is 3.74. The van der Waals surface area contributed by atoms with E-state index in [4.69, 9.17) is 0 Å². The van der Waals surface area contributed by atoms with E-state index in [0.29, 0.717) is 0 Å². The Morgan fingerprint density at radius 1 is 1.33 bits per heavy atom. The summed E-state index contributed by atoms with van der Waals surface area (Å²) >= 11 is 3.70. The van der Waals surface area contributed by atoms with Gasteiger partial charge in [-0.3, -0.25) is 9.58 Å². The van der Waals surface area contributed by atoms with Gasteiger partial charge in [-0.25, -0.2) is 0 Å². The molecule has 0 bridgehead atoms. The summed E-state index contributed by atoms with van der Waals surface area (Å²) < 4.78 is 3.33. The van der Waals surface area contributed by atoms with Gasteiger partial charge < -0.3 is 0 Å². The van der Waals surface area contributed by atoms with Gasteiger partial charge in [-0.2, -0.15) is 5.10 Å². The molecule has 0 aliphatic heterocycles. The van der Waals surface area contributed by atoms with Crippen molar-refractivity contribution in [3.63, 3.8) is 0 Å². The second kappa shape index (κ2) is 6.20. The van der Waals surface area contributed by atoms with Crippen molar-refractivity contribution in [2.45, 2.75) is 65.6 Å². The largest absolute Gasteiger partial charge is 0.295 e. The smallest absolute Gasteiger partial charge is 0.0739 e. The highest BCUT2D eigenvalue weighted by Gasteiger charge is 2.23. The van der Waals surface area contributed by atoms with Crippen molar-refractivity contribution in [3.8, 4) is 0 Å². The zero-order valence-corrected chi connectivity index (χ0v) is 13.3. The molecule has 0 amide bonds. The molecular weight excluding hydrogens is 290 g/mol. The number of nitrogens with zero attached hydrogens (tertiary/aromatic N) is 3. The van der Waals surface area contributed by atoms with Gasteiger partial charge in [-0.15, -0.1) is 0 Å². The van der Waals surface area contributed by atoms with Gasteiger partial charge in [0.25, 0.3) is 0 Å². The first-order valence-electron chi connectivity index (χ1n) is 7.13. The van der Waals surface area contributed by atoms with Gasteiger partial charge in [0.15, 0.2) is 0 Å². The Bertz CT molecular complexity index is 394. The van der Waals surface area contributed by atoms with E-state index in [2.05, 4.69) is 51.4 Å². The molecule has 2 rings (SSSR count). The topological polar surface area (TPSA) is 21.1 Å². The summed E-state index contributed by atoms with van der Waals surface area (Å²) in [5.74, 6) is 0. The first-order chi connectivity index (χ1) is 8.67. The first kappa shape index (κ1) is 14.1. The number of hydrogen-bond acceptors (Lipinski definition) is 2. The Kier molecular flexibility index (Phi) is 4.84. The van der Waals surface area contributed by atoms with Crippen LogP contribution in [0.4, 0.5) is 0 Å². The number of rotatable bonds is 5. The second-order valence-electron chi connectivity index (χ2n) is 5.16. The molecule has 18 heavy (non-hydrogen) atoms. The van der Waals surface area contributed by atoms with E-state index in [9.17, 15) is 0 Å². The fourth-order valence-corrected chi connectivity index (χ4v) is 3.39. The molecule has 1 aliphatic rings. The van der Waals surface area contributed by atoms with Crippen LogP contribution in [-0.2, 0) is 13.1 Å². The molecule has 0 unspecified atom stereocenters. The minimum Gasteiger partial charge on any atom is -0.295 e. The maximum atomic E-state index is 4.59. The van der Waals surface area contributed by atoms with Crippen LogP contribution in [0.2, 0.25) is 0 Å². The van der Waals surface area contributed by atoms with Crippen molar-refractivity contribution in [1.82, 2.24) is 14.7 Å². The average Bonchev–Trinajstić information content (AvgIpc) is 2.98. The Hall–Kier alpha value is -0.350. The van der Waals surface area contributed by atoms with Crippen LogP contribution in [0, 0.1) is 6.92 Å². The fourth-order valence-electron chi connectivity index (χ4n) is 2.98. The minimum absolute atomic E-state index is 0.780. The molecule has 0 radical (unpaired) electrons. The SMILES string of the molecule is CCN(Cc1c(Br)c(C)nn1CC)C1CCCC1. The normalized spacial score (nSPS) is 16.9. The summed E-state index contributed by atoms with van der Waals surface area (Å²) in [4.78, 5) is 2.61.